The lowest BCUT2D eigenvalue weighted by atomic mass is 9.89. The second-order valence-corrected chi connectivity index (χ2v) is 6.66. The van der Waals surface area contributed by atoms with Crippen LogP contribution in [0.4, 0.5) is 19.3 Å². The van der Waals surface area contributed by atoms with Crippen molar-refractivity contribution in [1.82, 2.24) is 5.32 Å². The van der Waals surface area contributed by atoms with Gasteiger partial charge in [0, 0.05) is 18.1 Å². The molecule has 140 valence electrons. The van der Waals surface area contributed by atoms with Gasteiger partial charge in [-0.15, -0.1) is 0 Å². The van der Waals surface area contributed by atoms with Crippen molar-refractivity contribution >= 4 is 17.7 Å². The highest BCUT2D eigenvalue weighted by Gasteiger charge is 2.50. The Kier molecular flexibility index (Phi) is 3.80. The molecule has 27 heavy (non-hydrogen) atoms. The smallest absolute Gasteiger partial charge is 0.337 e. The quantitative estimate of drug-likeness (QED) is 0.817. The molecule has 0 unspecified atom stereocenters. The number of amides is 2. The van der Waals surface area contributed by atoms with Gasteiger partial charge < -0.3 is 14.8 Å². The molecule has 2 bridgehead atoms. The monoisotopic (exact) mass is 374 g/mol. The van der Waals surface area contributed by atoms with Crippen LogP contribution in [0.5, 0.6) is 5.75 Å². The van der Waals surface area contributed by atoms with Gasteiger partial charge in [-0.1, -0.05) is 0 Å². The maximum absolute atomic E-state index is 14.3. The largest absolute Gasteiger partial charge is 0.467 e. The summed E-state index contributed by atoms with van der Waals surface area (Å²) >= 11 is 0. The summed E-state index contributed by atoms with van der Waals surface area (Å²) in [6, 6.07) is 6.79. The molecule has 2 aliphatic rings. The van der Waals surface area contributed by atoms with Crippen LogP contribution < -0.4 is 15.0 Å². The Hall–Kier alpha value is -3.16. The lowest BCUT2D eigenvalue weighted by Gasteiger charge is -2.50. The molecular weight excluding hydrogens is 358 g/mol. The Morgan fingerprint density at radius 3 is 2.78 bits per heavy atom. The minimum atomic E-state index is -1.18. The Balaban J connectivity index is 1.77. The van der Waals surface area contributed by atoms with E-state index in [1.165, 1.54) is 13.2 Å². The first-order valence-corrected chi connectivity index (χ1v) is 8.29. The summed E-state index contributed by atoms with van der Waals surface area (Å²) in [6.45, 7) is 1.67. The number of hydrogen-bond donors (Lipinski definition) is 1. The van der Waals surface area contributed by atoms with Crippen LogP contribution in [-0.2, 0) is 4.74 Å². The first-order chi connectivity index (χ1) is 12.8. The molecule has 1 N–H and O–H groups in total. The number of anilines is 1. The van der Waals surface area contributed by atoms with Gasteiger partial charge in [0.15, 0.2) is 5.72 Å². The predicted octanol–water partition coefficient (Wildman–Crippen LogP) is 3.52. The van der Waals surface area contributed by atoms with E-state index in [4.69, 9.17) is 9.47 Å². The number of ether oxygens (including phenoxy) is 2. The highest BCUT2D eigenvalue weighted by atomic mass is 19.1. The number of carbonyl (C=O) groups is 2. The first kappa shape index (κ1) is 17.3. The number of nitrogens with one attached hydrogen (secondary N) is 1. The Bertz CT molecular complexity index is 965. The molecular formula is C19H16F2N2O4. The third-order valence-electron chi connectivity index (χ3n) is 4.84. The summed E-state index contributed by atoms with van der Waals surface area (Å²) < 4.78 is 38.3. The first-order valence-electron chi connectivity index (χ1n) is 8.29. The van der Waals surface area contributed by atoms with Crippen LogP contribution in [0.2, 0.25) is 0 Å². The second-order valence-electron chi connectivity index (χ2n) is 6.66. The van der Waals surface area contributed by atoms with Crippen molar-refractivity contribution in [3.63, 3.8) is 0 Å². The van der Waals surface area contributed by atoms with Gasteiger partial charge in [0.2, 0.25) is 0 Å². The van der Waals surface area contributed by atoms with E-state index >= 15 is 0 Å². The lowest BCUT2D eigenvalue weighted by Crippen LogP contribution is -2.65. The van der Waals surface area contributed by atoms with Gasteiger partial charge in [0.1, 0.15) is 17.4 Å². The Morgan fingerprint density at radius 1 is 1.30 bits per heavy atom. The summed E-state index contributed by atoms with van der Waals surface area (Å²) in [6.07, 6.45) is 0.313. The number of carbonyl (C=O) groups excluding carboxylic acids is 2. The molecule has 2 amide bonds. The van der Waals surface area contributed by atoms with Gasteiger partial charge in [-0.25, -0.2) is 18.4 Å². The number of fused-ring (bicyclic) bond motifs is 4. The average molecular weight is 374 g/mol. The number of urea groups is 1. The summed E-state index contributed by atoms with van der Waals surface area (Å²) in [4.78, 5) is 25.6. The van der Waals surface area contributed by atoms with E-state index in [1.807, 2.05) is 0 Å². The third kappa shape index (κ3) is 2.68. The minimum Gasteiger partial charge on any atom is -0.467 e. The van der Waals surface area contributed by atoms with Gasteiger partial charge in [-0.05, 0) is 37.3 Å². The molecule has 0 aliphatic carbocycles. The van der Waals surface area contributed by atoms with Gasteiger partial charge in [0.25, 0.3) is 0 Å². The molecule has 0 spiro atoms. The number of esters is 1. The number of halogens is 2. The van der Waals surface area contributed by atoms with E-state index in [0.29, 0.717) is 23.3 Å². The molecule has 2 atom stereocenters. The molecule has 8 heteroatoms. The van der Waals surface area contributed by atoms with E-state index in [-0.39, 0.29) is 5.69 Å². The number of hydrogen-bond acceptors (Lipinski definition) is 4. The zero-order chi connectivity index (χ0) is 19.3. The zero-order valence-corrected chi connectivity index (χ0v) is 14.6. The minimum absolute atomic E-state index is 0.0792. The molecule has 2 aromatic carbocycles. The van der Waals surface area contributed by atoms with Crippen LogP contribution in [0.25, 0.3) is 0 Å². The number of benzene rings is 2. The Morgan fingerprint density at radius 2 is 2.07 bits per heavy atom. The van der Waals surface area contributed by atoms with Gasteiger partial charge >= 0.3 is 12.0 Å². The summed E-state index contributed by atoms with van der Waals surface area (Å²) in [5.41, 5.74) is -0.275. The van der Waals surface area contributed by atoms with Gasteiger partial charge in [-0.3, -0.25) is 4.90 Å². The van der Waals surface area contributed by atoms with Gasteiger partial charge in [0.05, 0.1) is 24.4 Å². The van der Waals surface area contributed by atoms with E-state index in [1.54, 1.807) is 25.1 Å². The van der Waals surface area contributed by atoms with Gasteiger partial charge in [-0.2, -0.15) is 0 Å². The number of rotatable bonds is 2. The molecule has 1 saturated heterocycles. The fraction of sp³-hybridized carbons (Fsp3) is 0.263. The van der Waals surface area contributed by atoms with Crippen molar-refractivity contribution in [1.29, 1.82) is 0 Å². The number of methoxy groups -OCH3 is 1. The summed E-state index contributed by atoms with van der Waals surface area (Å²) in [5, 5.41) is 2.80. The van der Waals surface area contributed by atoms with Crippen molar-refractivity contribution in [3.8, 4) is 5.75 Å². The van der Waals surface area contributed by atoms with Crippen LogP contribution >= 0.6 is 0 Å². The maximum Gasteiger partial charge on any atom is 0.337 e. The van der Waals surface area contributed by atoms with Crippen LogP contribution in [0.1, 0.15) is 35.3 Å². The molecule has 1 fully saturated rings. The normalized spacial score (nSPS) is 23.2. The fourth-order valence-corrected chi connectivity index (χ4v) is 3.65. The number of nitrogens with zero attached hydrogens (tertiary/aromatic N) is 1. The lowest BCUT2D eigenvalue weighted by molar-refractivity contribution is 0.0372. The topological polar surface area (TPSA) is 67.9 Å². The van der Waals surface area contributed by atoms with E-state index in [9.17, 15) is 18.4 Å². The molecule has 2 aliphatic heterocycles. The van der Waals surface area contributed by atoms with E-state index in [2.05, 4.69) is 5.32 Å². The summed E-state index contributed by atoms with van der Waals surface area (Å²) in [5.74, 6) is -1.63. The summed E-state index contributed by atoms with van der Waals surface area (Å²) in [7, 11) is 1.28. The van der Waals surface area contributed by atoms with Crippen LogP contribution in [0.3, 0.4) is 0 Å². The van der Waals surface area contributed by atoms with Crippen LogP contribution in [-0.4, -0.2) is 24.8 Å². The highest BCUT2D eigenvalue weighted by molar-refractivity contribution is 5.95. The fourth-order valence-electron chi connectivity index (χ4n) is 3.65. The molecule has 4 rings (SSSR count). The van der Waals surface area contributed by atoms with Crippen molar-refractivity contribution in [3.05, 3.63) is 59.2 Å². The average Bonchev–Trinajstić information content (AvgIpc) is 2.62. The van der Waals surface area contributed by atoms with Crippen LogP contribution in [0, 0.1) is 11.6 Å². The van der Waals surface area contributed by atoms with Crippen molar-refractivity contribution in [2.24, 2.45) is 0 Å². The van der Waals surface area contributed by atoms with Crippen molar-refractivity contribution in [2.75, 3.05) is 12.0 Å². The van der Waals surface area contributed by atoms with Crippen molar-refractivity contribution < 1.29 is 27.8 Å². The molecule has 0 radical (unpaired) electrons. The molecule has 2 aromatic rings. The standard InChI is InChI=1S/C19H16F2N2O4/c1-19-9-14(12-7-10(17(24)26-2)3-6-16(12)27-19)22-18(25)23(19)15-5-4-11(20)8-13(15)21/h3-8,14H,9H2,1-2H3,(H,22,25)/t14-,19+/m1/s1. The molecule has 6 nitrogen and oxygen atoms in total. The SMILES string of the molecule is COC(=O)c1ccc2c(c1)[C@H]1C[C@](C)(O2)N(c2ccc(F)cc2F)C(=O)N1. The third-order valence-corrected chi connectivity index (χ3v) is 4.84. The zero-order valence-electron chi connectivity index (χ0n) is 14.6. The Labute approximate surface area is 153 Å². The van der Waals surface area contributed by atoms with Crippen LogP contribution in [0.15, 0.2) is 36.4 Å². The predicted molar refractivity (Wildman–Crippen MR) is 91.5 cm³/mol. The molecule has 0 aromatic heterocycles. The highest BCUT2D eigenvalue weighted by Crippen LogP contribution is 2.46. The second kappa shape index (κ2) is 5.94. The molecule has 0 saturated carbocycles. The van der Waals surface area contributed by atoms with Crippen molar-refractivity contribution in [2.45, 2.75) is 25.1 Å². The van der Waals surface area contributed by atoms with E-state index in [0.717, 1.165) is 17.0 Å². The molecule has 2 heterocycles. The maximum atomic E-state index is 14.3. The van der Waals surface area contributed by atoms with E-state index < -0.39 is 35.4 Å².